The highest BCUT2D eigenvalue weighted by molar-refractivity contribution is 6.30. The molecule has 0 saturated heterocycles. The number of benzene rings is 2. The zero-order valence-corrected chi connectivity index (χ0v) is 11.8. The Morgan fingerprint density at radius 2 is 2.05 bits per heavy atom. The summed E-state index contributed by atoms with van der Waals surface area (Å²) in [5.74, 6) is -0.425. The summed E-state index contributed by atoms with van der Waals surface area (Å²) in [6.45, 7) is 1.60. The number of nitrogens with two attached hydrogens (primary N) is 1. The molecule has 0 spiro atoms. The van der Waals surface area contributed by atoms with Gasteiger partial charge in [0.05, 0.1) is 4.92 Å². The van der Waals surface area contributed by atoms with Crippen LogP contribution in [0.1, 0.15) is 18.5 Å². The number of nitrogens with zero attached hydrogens (tertiary/aromatic N) is 1. The summed E-state index contributed by atoms with van der Waals surface area (Å²) in [6, 6.07) is 7.56. The van der Waals surface area contributed by atoms with Crippen LogP contribution < -0.4 is 10.5 Å². The van der Waals surface area contributed by atoms with Gasteiger partial charge in [0, 0.05) is 22.7 Å². The Balaban J connectivity index is 2.49. The lowest BCUT2D eigenvalue weighted by Crippen LogP contribution is -2.09. The maximum atomic E-state index is 13.8. The normalized spacial score (nSPS) is 12.0. The smallest absolute Gasteiger partial charge is 0.313 e. The van der Waals surface area contributed by atoms with Crippen molar-refractivity contribution >= 4 is 17.3 Å². The molecule has 110 valence electrons. The molecule has 2 N–H and O–H groups in total. The van der Waals surface area contributed by atoms with Crippen molar-refractivity contribution in [3.8, 4) is 11.5 Å². The van der Waals surface area contributed by atoms with Crippen LogP contribution in [-0.4, -0.2) is 4.92 Å². The fourth-order valence-electron chi connectivity index (χ4n) is 1.89. The van der Waals surface area contributed by atoms with Crippen LogP contribution in [0.2, 0.25) is 5.02 Å². The third-order valence-corrected chi connectivity index (χ3v) is 3.04. The molecule has 0 aliphatic carbocycles. The van der Waals surface area contributed by atoms with Crippen LogP contribution in [0.3, 0.4) is 0 Å². The Morgan fingerprint density at radius 3 is 2.67 bits per heavy atom. The zero-order chi connectivity index (χ0) is 15.6. The Kier molecular flexibility index (Phi) is 4.40. The second-order valence-corrected chi connectivity index (χ2v) is 4.85. The van der Waals surface area contributed by atoms with Crippen molar-refractivity contribution in [2.45, 2.75) is 13.0 Å². The Labute approximate surface area is 125 Å². The van der Waals surface area contributed by atoms with Gasteiger partial charge in [0.2, 0.25) is 5.75 Å². The summed E-state index contributed by atoms with van der Waals surface area (Å²) in [4.78, 5) is 10.4. The quantitative estimate of drug-likeness (QED) is 0.678. The first-order valence-corrected chi connectivity index (χ1v) is 6.43. The highest BCUT2D eigenvalue weighted by Crippen LogP contribution is 2.36. The lowest BCUT2D eigenvalue weighted by atomic mass is 10.1. The van der Waals surface area contributed by atoms with E-state index < -0.39 is 16.8 Å². The van der Waals surface area contributed by atoms with Gasteiger partial charge in [-0.3, -0.25) is 10.1 Å². The molecule has 5 nitrogen and oxygen atoms in total. The number of nitro benzene ring substituents is 1. The van der Waals surface area contributed by atoms with Gasteiger partial charge in [0.25, 0.3) is 0 Å². The van der Waals surface area contributed by atoms with Gasteiger partial charge in [-0.2, -0.15) is 0 Å². The van der Waals surface area contributed by atoms with Crippen LogP contribution in [0.15, 0.2) is 36.4 Å². The van der Waals surface area contributed by atoms with E-state index in [0.717, 1.165) is 0 Å². The molecule has 0 aliphatic heterocycles. The van der Waals surface area contributed by atoms with E-state index in [0.29, 0.717) is 0 Å². The molecule has 0 heterocycles. The van der Waals surface area contributed by atoms with E-state index in [1.54, 1.807) is 6.92 Å². The Morgan fingerprint density at radius 1 is 1.33 bits per heavy atom. The standard InChI is InChI=1S/C14H12ClFN2O3/c1-8(17)14-10(16)3-2-4-13(14)21-12-6-5-9(15)7-11(12)18(19)20/h2-8H,17H2,1H3/t8-/m0/s1. The van der Waals surface area contributed by atoms with Crippen molar-refractivity contribution in [3.63, 3.8) is 0 Å². The minimum Gasteiger partial charge on any atom is -0.450 e. The maximum Gasteiger partial charge on any atom is 0.313 e. The van der Waals surface area contributed by atoms with Crippen molar-refractivity contribution in [1.29, 1.82) is 0 Å². The van der Waals surface area contributed by atoms with Gasteiger partial charge in [-0.15, -0.1) is 0 Å². The minimum atomic E-state index is -0.619. The van der Waals surface area contributed by atoms with E-state index in [9.17, 15) is 14.5 Å². The molecule has 0 unspecified atom stereocenters. The average molecular weight is 311 g/mol. The maximum absolute atomic E-state index is 13.8. The molecular weight excluding hydrogens is 299 g/mol. The zero-order valence-electron chi connectivity index (χ0n) is 11.0. The summed E-state index contributed by atoms with van der Waals surface area (Å²) in [5.41, 5.74) is 5.57. The Bertz CT molecular complexity index is 692. The molecule has 2 aromatic carbocycles. The molecule has 0 amide bonds. The van der Waals surface area contributed by atoms with Crippen LogP contribution in [0.25, 0.3) is 0 Å². The number of halogens is 2. The molecule has 0 fully saturated rings. The molecule has 2 aromatic rings. The highest BCUT2D eigenvalue weighted by Gasteiger charge is 2.20. The average Bonchev–Trinajstić information content (AvgIpc) is 2.40. The van der Waals surface area contributed by atoms with Gasteiger partial charge in [-0.05, 0) is 31.2 Å². The number of nitro groups is 1. The molecule has 21 heavy (non-hydrogen) atoms. The van der Waals surface area contributed by atoms with Gasteiger partial charge in [-0.1, -0.05) is 17.7 Å². The molecular formula is C14H12ClFN2O3. The summed E-state index contributed by atoms with van der Waals surface area (Å²) in [6.07, 6.45) is 0. The number of hydrogen-bond donors (Lipinski definition) is 1. The summed E-state index contributed by atoms with van der Waals surface area (Å²) >= 11 is 5.73. The van der Waals surface area contributed by atoms with Gasteiger partial charge in [0.15, 0.2) is 0 Å². The van der Waals surface area contributed by atoms with E-state index in [2.05, 4.69) is 0 Å². The fourth-order valence-corrected chi connectivity index (χ4v) is 2.05. The third-order valence-electron chi connectivity index (χ3n) is 2.81. The van der Waals surface area contributed by atoms with Crippen LogP contribution in [-0.2, 0) is 0 Å². The molecule has 0 aromatic heterocycles. The second-order valence-electron chi connectivity index (χ2n) is 4.41. The van der Waals surface area contributed by atoms with Crippen LogP contribution in [0.5, 0.6) is 11.5 Å². The lowest BCUT2D eigenvalue weighted by Gasteiger charge is -2.14. The van der Waals surface area contributed by atoms with Crippen molar-refractivity contribution < 1.29 is 14.1 Å². The molecule has 0 bridgehead atoms. The van der Waals surface area contributed by atoms with Crippen molar-refractivity contribution in [2.24, 2.45) is 5.73 Å². The van der Waals surface area contributed by atoms with Crippen molar-refractivity contribution in [1.82, 2.24) is 0 Å². The third kappa shape index (κ3) is 3.29. The van der Waals surface area contributed by atoms with Gasteiger partial charge in [0.1, 0.15) is 11.6 Å². The van der Waals surface area contributed by atoms with Crippen molar-refractivity contribution in [3.05, 3.63) is 62.9 Å². The first-order valence-electron chi connectivity index (χ1n) is 6.06. The highest BCUT2D eigenvalue weighted by atomic mass is 35.5. The van der Waals surface area contributed by atoms with Gasteiger partial charge >= 0.3 is 5.69 Å². The largest absolute Gasteiger partial charge is 0.450 e. The summed E-state index contributed by atoms with van der Waals surface area (Å²) < 4.78 is 19.3. The van der Waals surface area contributed by atoms with E-state index in [4.69, 9.17) is 22.1 Å². The van der Waals surface area contributed by atoms with Gasteiger partial charge in [-0.25, -0.2) is 4.39 Å². The monoisotopic (exact) mass is 310 g/mol. The lowest BCUT2D eigenvalue weighted by molar-refractivity contribution is -0.385. The number of rotatable bonds is 4. The molecule has 0 radical (unpaired) electrons. The van der Waals surface area contributed by atoms with E-state index in [1.807, 2.05) is 0 Å². The fraction of sp³-hybridized carbons (Fsp3) is 0.143. The van der Waals surface area contributed by atoms with Crippen molar-refractivity contribution in [2.75, 3.05) is 0 Å². The molecule has 7 heteroatoms. The predicted octanol–water partition coefficient (Wildman–Crippen LogP) is 4.20. The van der Waals surface area contributed by atoms with Gasteiger partial charge < -0.3 is 10.5 Å². The van der Waals surface area contributed by atoms with E-state index >= 15 is 0 Å². The van der Waals surface area contributed by atoms with Crippen LogP contribution in [0.4, 0.5) is 10.1 Å². The first-order chi connectivity index (χ1) is 9.90. The Hall–Kier alpha value is -2.18. The number of ether oxygens (including phenoxy) is 1. The molecule has 2 rings (SSSR count). The topological polar surface area (TPSA) is 78.4 Å². The molecule has 0 aliphatic rings. The van der Waals surface area contributed by atoms with Crippen LogP contribution >= 0.6 is 11.6 Å². The van der Waals surface area contributed by atoms with E-state index in [1.165, 1.54) is 36.4 Å². The molecule has 0 saturated carbocycles. The SMILES string of the molecule is C[C@H](N)c1c(F)cccc1Oc1ccc(Cl)cc1[N+](=O)[O-]. The summed E-state index contributed by atoms with van der Waals surface area (Å²) in [7, 11) is 0. The predicted molar refractivity (Wildman–Crippen MR) is 77.2 cm³/mol. The summed E-state index contributed by atoms with van der Waals surface area (Å²) in [5, 5.41) is 11.2. The number of hydrogen-bond acceptors (Lipinski definition) is 4. The van der Waals surface area contributed by atoms with Crippen LogP contribution in [0, 0.1) is 15.9 Å². The van der Waals surface area contributed by atoms with E-state index in [-0.39, 0.29) is 27.8 Å². The second kappa shape index (κ2) is 6.07. The molecule has 1 atom stereocenters. The first kappa shape index (κ1) is 15.2. The minimum absolute atomic E-state index is 0.0306.